The van der Waals surface area contributed by atoms with E-state index >= 15 is 0 Å². The highest BCUT2D eigenvalue weighted by Crippen LogP contribution is 2.36. The molecule has 21 heavy (non-hydrogen) atoms. The maximum atomic E-state index is 12.9. The van der Waals surface area contributed by atoms with Gasteiger partial charge in [-0.1, -0.05) is 53.1 Å². The lowest BCUT2D eigenvalue weighted by Gasteiger charge is -2.23. The molecule has 0 N–H and O–H groups in total. The van der Waals surface area contributed by atoms with Gasteiger partial charge in [0.05, 0.1) is 17.1 Å². The van der Waals surface area contributed by atoms with Gasteiger partial charge in [0, 0.05) is 0 Å². The first-order valence-corrected chi connectivity index (χ1v) is 7.48. The number of anilines is 1. The molecule has 0 aliphatic carbocycles. The van der Waals surface area contributed by atoms with E-state index < -0.39 is 4.32 Å². The van der Waals surface area contributed by atoms with Crippen molar-refractivity contribution in [2.45, 2.75) is 25.1 Å². The molecular formula is C15H18BrN3O2. The zero-order chi connectivity index (χ0) is 15.6. The Hall–Kier alpha value is -1.69. The molecule has 0 radical (unpaired) electrons. The van der Waals surface area contributed by atoms with E-state index in [0.717, 1.165) is 11.4 Å². The molecule has 2 rings (SSSR count). The van der Waals surface area contributed by atoms with Gasteiger partial charge in [0.2, 0.25) is 0 Å². The molecule has 0 saturated heterocycles. The van der Waals surface area contributed by atoms with Gasteiger partial charge in [-0.15, -0.1) is 0 Å². The molecule has 1 atom stereocenters. The second kappa shape index (κ2) is 5.97. The fraction of sp³-hybridized carbons (Fsp3) is 0.400. The average molecular weight is 352 g/mol. The summed E-state index contributed by atoms with van der Waals surface area (Å²) in [5.41, 5.74) is 1.97. The van der Waals surface area contributed by atoms with Crippen LogP contribution in [0.4, 0.5) is 5.69 Å². The highest BCUT2D eigenvalue weighted by molar-refractivity contribution is 9.11. The number of carbonyl (C=O) groups is 1. The zero-order valence-electron chi connectivity index (χ0n) is 12.5. The number of nitrogens with zero attached hydrogens (tertiary/aromatic N) is 3. The van der Waals surface area contributed by atoms with Gasteiger partial charge in [-0.2, -0.15) is 10.1 Å². The normalized spacial score (nSPS) is 22.8. The van der Waals surface area contributed by atoms with Crippen LogP contribution in [0.1, 0.15) is 20.8 Å². The predicted octanol–water partition coefficient (Wildman–Crippen LogP) is 3.20. The number of halogens is 1. The van der Waals surface area contributed by atoms with Gasteiger partial charge in [0.25, 0.3) is 5.91 Å². The van der Waals surface area contributed by atoms with Crippen LogP contribution in [0.2, 0.25) is 0 Å². The lowest BCUT2D eigenvalue weighted by atomic mass is 9.90. The number of alkyl halides is 1. The molecule has 0 spiro atoms. The van der Waals surface area contributed by atoms with Gasteiger partial charge in [-0.25, -0.2) is 0 Å². The van der Waals surface area contributed by atoms with Crippen LogP contribution in [0.3, 0.4) is 0 Å². The topological polar surface area (TPSA) is 54.3 Å². The number of hydrazone groups is 1. The molecule has 1 aliphatic heterocycles. The van der Waals surface area contributed by atoms with Crippen LogP contribution in [0, 0.1) is 5.92 Å². The van der Waals surface area contributed by atoms with Crippen LogP contribution in [-0.4, -0.2) is 28.8 Å². The third-order valence-corrected chi connectivity index (χ3v) is 4.64. The molecule has 0 aromatic heterocycles. The Kier molecular flexibility index (Phi) is 4.46. The Bertz CT molecular complexity index is 598. The van der Waals surface area contributed by atoms with Crippen molar-refractivity contribution in [3.05, 3.63) is 30.3 Å². The van der Waals surface area contributed by atoms with E-state index in [2.05, 4.69) is 26.2 Å². The van der Waals surface area contributed by atoms with Crippen molar-refractivity contribution < 1.29 is 9.63 Å². The summed E-state index contributed by atoms with van der Waals surface area (Å²) >= 11 is 3.55. The van der Waals surface area contributed by atoms with Crippen molar-refractivity contribution in [2.75, 3.05) is 12.1 Å². The summed E-state index contributed by atoms with van der Waals surface area (Å²) in [4.78, 5) is 17.7. The summed E-state index contributed by atoms with van der Waals surface area (Å²) in [5, 5.41) is 9.86. The lowest BCUT2D eigenvalue weighted by Crippen LogP contribution is -2.48. The number of carbonyl (C=O) groups excluding carboxylic acids is 1. The Morgan fingerprint density at radius 2 is 2.00 bits per heavy atom. The number of hydrogen-bond acceptors (Lipinski definition) is 4. The van der Waals surface area contributed by atoms with Gasteiger partial charge in [-0.3, -0.25) is 4.79 Å². The number of hydrogen-bond donors (Lipinski definition) is 0. The van der Waals surface area contributed by atoms with E-state index in [1.807, 2.05) is 44.2 Å². The Morgan fingerprint density at radius 1 is 1.38 bits per heavy atom. The standard InChI is InChI=1S/C15H18BrN3O2/c1-10(2)13-15(16,11(3)18-21-4)14(20)19(17-13)12-8-6-5-7-9-12/h5-10H,1-4H3/b18-11+. The minimum atomic E-state index is -1.05. The molecule has 0 bridgehead atoms. The highest BCUT2D eigenvalue weighted by atomic mass is 79.9. The molecule has 0 saturated carbocycles. The van der Waals surface area contributed by atoms with Gasteiger partial charge in [-0.05, 0) is 25.0 Å². The quantitative estimate of drug-likeness (QED) is 0.475. The monoisotopic (exact) mass is 351 g/mol. The van der Waals surface area contributed by atoms with Crippen molar-refractivity contribution in [1.29, 1.82) is 0 Å². The second-order valence-corrected chi connectivity index (χ2v) is 6.30. The van der Waals surface area contributed by atoms with Crippen LogP contribution in [0.25, 0.3) is 0 Å². The Morgan fingerprint density at radius 3 is 2.52 bits per heavy atom. The van der Waals surface area contributed by atoms with E-state index in [4.69, 9.17) is 4.84 Å². The second-order valence-electron chi connectivity index (χ2n) is 5.11. The van der Waals surface area contributed by atoms with Crippen LogP contribution >= 0.6 is 15.9 Å². The van der Waals surface area contributed by atoms with Crippen LogP contribution in [0.5, 0.6) is 0 Å². The number of benzene rings is 1. The zero-order valence-corrected chi connectivity index (χ0v) is 14.1. The first kappa shape index (κ1) is 15.7. The Labute approximate surface area is 132 Å². The summed E-state index contributed by atoms with van der Waals surface area (Å²) in [5.74, 6) is -0.0975. The van der Waals surface area contributed by atoms with Crippen molar-refractivity contribution >= 4 is 38.9 Å². The molecule has 6 heteroatoms. The van der Waals surface area contributed by atoms with E-state index in [-0.39, 0.29) is 11.8 Å². The number of amides is 1. The molecule has 1 aromatic carbocycles. The smallest absolute Gasteiger partial charge is 0.276 e. The molecule has 1 aromatic rings. The van der Waals surface area contributed by atoms with E-state index in [1.54, 1.807) is 6.92 Å². The third kappa shape index (κ3) is 2.60. The molecule has 0 fully saturated rings. The average Bonchev–Trinajstić information content (AvgIpc) is 2.74. The SMILES string of the molecule is CO/N=C(\C)C1(Br)C(=O)N(c2ccccc2)N=C1C(C)C. The van der Waals surface area contributed by atoms with Crippen LogP contribution in [0.15, 0.2) is 40.6 Å². The van der Waals surface area contributed by atoms with E-state index in [1.165, 1.54) is 12.1 Å². The minimum Gasteiger partial charge on any atom is -0.399 e. The maximum absolute atomic E-state index is 12.9. The number of rotatable bonds is 4. The fourth-order valence-corrected chi connectivity index (χ4v) is 3.05. The largest absolute Gasteiger partial charge is 0.399 e. The molecule has 5 nitrogen and oxygen atoms in total. The molecule has 1 amide bonds. The highest BCUT2D eigenvalue weighted by Gasteiger charge is 2.53. The summed E-state index contributed by atoms with van der Waals surface area (Å²) in [7, 11) is 1.46. The summed E-state index contributed by atoms with van der Waals surface area (Å²) in [6, 6.07) is 9.34. The van der Waals surface area contributed by atoms with Crippen LogP contribution < -0.4 is 5.01 Å². The van der Waals surface area contributed by atoms with Crippen molar-refractivity contribution in [2.24, 2.45) is 16.2 Å². The van der Waals surface area contributed by atoms with Crippen molar-refractivity contribution in [3.63, 3.8) is 0 Å². The predicted molar refractivity (Wildman–Crippen MR) is 88.0 cm³/mol. The first-order valence-electron chi connectivity index (χ1n) is 6.68. The fourth-order valence-electron chi connectivity index (χ4n) is 2.27. The first-order chi connectivity index (χ1) is 9.92. The number of para-hydroxylation sites is 1. The van der Waals surface area contributed by atoms with Gasteiger partial charge in [0.15, 0.2) is 4.32 Å². The number of oxime groups is 1. The van der Waals surface area contributed by atoms with Gasteiger partial charge < -0.3 is 4.84 Å². The lowest BCUT2D eigenvalue weighted by molar-refractivity contribution is -0.117. The molecule has 1 unspecified atom stereocenters. The summed E-state index contributed by atoms with van der Waals surface area (Å²) in [6.07, 6.45) is 0. The van der Waals surface area contributed by atoms with E-state index in [0.29, 0.717) is 5.71 Å². The van der Waals surface area contributed by atoms with Crippen LogP contribution in [-0.2, 0) is 9.63 Å². The van der Waals surface area contributed by atoms with Gasteiger partial charge >= 0.3 is 0 Å². The Balaban J connectivity index is 2.52. The maximum Gasteiger partial charge on any atom is 0.276 e. The molecule has 1 heterocycles. The molecule has 112 valence electrons. The van der Waals surface area contributed by atoms with Gasteiger partial charge in [0.1, 0.15) is 7.11 Å². The van der Waals surface area contributed by atoms with Crippen molar-refractivity contribution in [3.8, 4) is 0 Å². The van der Waals surface area contributed by atoms with E-state index in [9.17, 15) is 4.79 Å². The summed E-state index contributed by atoms with van der Waals surface area (Å²) in [6.45, 7) is 5.75. The molecule has 1 aliphatic rings. The summed E-state index contributed by atoms with van der Waals surface area (Å²) < 4.78 is -1.05. The molecular weight excluding hydrogens is 334 g/mol. The minimum absolute atomic E-state index is 0.0871. The third-order valence-electron chi connectivity index (χ3n) is 3.32. The van der Waals surface area contributed by atoms with Crippen molar-refractivity contribution in [1.82, 2.24) is 0 Å².